The average Bonchev–Trinajstić information content (AvgIpc) is 3.23. The van der Waals surface area contributed by atoms with Crippen molar-refractivity contribution >= 4 is 33.5 Å². The summed E-state index contributed by atoms with van der Waals surface area (Å²) in [5.74, 6) is 2.03. The van der Waals surface area contributed by atoms with Gasteiger partial charge < -0.3 is 14.6 Å². The fourth-order valence-electron chi connectivity index (χ4n) is 5.04. The average molecular weight is 478 g/mol. The molecule has 0 bridgehead atoms. The molecule has 3 heterocycles. The van der Waals surface area contributed by atoms with Gasteiger partial charge in [0.05, 0.1) is 23.7 Å². The molecule has 0 saturated carbocycles. The van der Waals surface area contributed by atoms with Crippen LogP contribution in [0.3, 0.4) is 0 Å². The molecule has 1 aliphatic rings. The quantitative estimate of drug-likeness (QED) is 0.278. The van der Waals surface area contributed by atoms with E-state index in [1.807, 2.05) is 18.2 Å². The van der Waals surface area contributed by atoms with Crippen LogP contribution >= 0.6 is 11.6 Å². The number of fused-ring (bicyclic) bond motifs is 2. The molecule has 0 atom stereocenters. The maximum atomic E-state index is 6.57. The Hall–Kier alpha value is -2.67. The van der Waals surface area contributed by atoms with Crippen LogP contribution < -0.4 is 10.1 Å². The molecule has 5 rings (SSSR count). The Balaban J connectivity index is 1.31. The smallest absolute Gasteiger partial charge is 0.134 e. The molecule has 0 amide bonds. The monoisotopic (exact) mass is 477 g/mol. The second kappa shape index (κ2) is 10.3. The van der Waals surface area contributed by atoms with Crippen molar-refractivity contribution < 1.29 is 4.74 Å². The third-order valence-corrected chi connectivity index (χ3v) is 7.14. The van der Waals surface area contributed by atoms with E-state index >= 15 is 0 Å². The highest BCUT2D eigenvalue weighted by molar-refractivity contribution is 6.30. The molecule has 34 heavy (non-hydrogen) atoms. The van der Waals surface area contributed by atoms with Crippen molar-refractivity contribution in [3.05, 3.63) is 65.1 Å². The summed E-state index contributed by atoms with van der Waals surface area (Å²) in [6.45, 7) is 6.94. The molecule has 6 nitrogen and oxygen atoms in total. The third-order valence-electron chi connectivity index (χ3n) is 6.81. The van der Waals surface area contributed by atoms with Crippen LogP contribution in [0, 0.1) is 0 Å². The molecule has 1 fully saturated rings. The van der Waals surface area contributed by atoms with E-state index in [4.69, 9.17) is 21.3 Å². The molecule has 4 aromatic rings. The highest BCUT2D eigenvalue weighted by atomic mass is 35.5. The highest BCUT2D eigenvalue weighted by Crippen LogP contribution is 2.31. The van der Waals surface area contributed by atoms with Gasteiger partial charge in [-0.25, -0.2) is 9.97 Å². The lowest BCUT2D eigenvalue weighted by molar-refractivity contribution is 0.180. The summed E-state index contributed by atoms with van der Waals surface area (Å²) >= 11 is 6.57. The van der Waals surface area contributed by atoms with Gasteiger partial charge in [-0.05, 0) is 55.8 Å². The molecule has 2 aromatic heterocycles. The molecule has 1 aliphatic heterocycles. The second-order valence-corrected chi connectivity index (χ2v) is 9.35. The predicted octanol–water partition coefficient (Wildman–Crippen LogP) is 5.24. The molecule has 2 aromatic carbocycles. The van der Waals surface area contributed by atoms with Crippen LogP contribution in [-0.4, -0.2) is 52.7 Å². The number of nitrogens with zero attached hydrogens (tertiary/aromatic N) is 4. The largest absolute Gasteiger partial charge is 0.497 e. The second-order valence-electron chi connectivity index (χ2n) is 8.99. The van der Waals surface area contributed by atoms with Gasteiger partial charge in [0.15, 0.2) is 0 Å². The number of rotatable bonds is 8. The molecule has 1 saturated heterocycles. The molecular weight excluding hydrogens is 446 g/mol. The molecule has 0 aliphatic carbocycles. The number of benzene rings is 2. The molecule has 0 spiro atoms. The molecule has 178 valence electrons. The van der Waals surface area contributed by atoms with E-state index in [0.717, 1.165) is 79.7 Å². The van der Waals surface area contributed by atoms with Gasteiger partial charge in [-0.1, -0.05) is 30.7 Å². The van der Waals surface area contributed by atoms with Gasteiger partial charge in [0.25, 0.3) is 0 Å². The number of halogens is 1. The zero-order chi connectivity index (χ0) is 23.5. The number of hydrogen-bond donors (Lipinski definition) is 1. The van der Waals surface area contributed by atoms with Gasteiger partial charge >= 0.3 is 0 Å². The first-order chi connectivity index (χ1) is 16.7. The van der Waals surface area contributed by atoms with E-state index in [1.54, 1.807) is 7.11 Å². The van der Waals surface area contributed by atoms with Crippen molar-refractivity contribution in [1.29, 1.82) is 0 Å². The van der Waals surface area contributed by atoms with Crippen LogP contribution in [0.15, 0.2) is 48.5 Å². The minimum atomic E-state index is 0.467. The van der Waals surface area contributed by atoms with Crippen molar-refractivity contribution in [2.45, 2.75) is 38.8 Å². The number of aromatic nitrogens is 3. The molecule has 7 heteroatoms. The summed E-state index contributed by atoms with van der Waals surface area (Å²) in [5, 5.41) is 5.09. The number of imidazole rings is 1. The summed E-state index contributed by atoms with van der Waals surface area (Å²) in [5.41, 5.74) is 4.31. The van der Waals surface area contributed by atoms with Crippen LogP contribution in [-0.2, 0) is 13.0 Å². The topological polar surface area (TPSA) is 55.2 Å². The van der Waals surface area contributed by atoms with Gasteiger partial charge in [-0.15, -0.1) is 0 Å². The third kappa shape index (κ3) is 4.76. The fourth-order valence-corrected chi connectivity index (χ4v) is 5.25. The first kappa shape index (κ1) is 23.1. The number of piperidine rings is 1. The lowest BCUT2D eigenvalue weighted by atomic mass is 10.0. The number of likely N-dealkylation sites (N-methyl/N-ethyl adjacent to an activating group) is 1. The lowest BCUT2D eigenvalue weighted by Gasteiger charge is -2.33. The Morgan fingerprint density at radius 1 is 1.06 bits per heavy atom. The van der Waals surface area contributed by atoms with Crippen molar-refractivity contribution in [2.75, 3.05) is 33.3 Å². The zero-order valence-corrected chi connectivity index (χ0v) is 20.7. The molecule has 0 unspecified atom stereocenters. The van der Waals surface area contributed by atoms with E-state index in [0.29, 0.717) is 11.2 Å². The maximum absolute atomic E-state index is 6.57. The van der Waals surface area contributed by atoms with Crippen LogP contribution in [0.4, 0.5) is 0 Å². The van der Waals surface area contributed by atoms with Crippen molar-refractivity contribution in [1.82, 2.24) is 24.8 Å². The minimum absolute atomic E-state index is 0.467. The van der Waals surface area contributed by atoms with E-state index in [2.05, 4.69) is 57.0 Å². The standard InChI is InChI=1S/C27H32ClN5O/c1-3-29-13-10-26-30-24-6-4-5-7-25(24)33(26)21-11-14-32(15-12-21)18-20-16-19-17-22(34-2)8-9-23(19)31-27(20)28/h4-9,16-17,21,29H,3,10-15,18H2,1-2H3. The summed E-state index contributed by atoms with van der Waals surface area (Å²) in [7, 11) is 1.69. The van der Waals surface area contributed by atoms with Crippen LogP contribution in [0.1, 0.15) is 37.2 Å². The minimum Gasteiger partial charge on any atom is -0.497 e. The number of para-hydroxylation sites is 2. The number of pyridine rings is 1. The Morgan fingerprint density at radius 3 is 2.68 bits per heavy atom. The van der Waals surface area contributed by atoms with Crippen LogP contribution in [0.5, 0.6) is 5.75 Å². The van der Waals surface area contributed by atoms with Gasteiger partial charge in [0.1, 0.15) is 16.7 Å². The Morgan fingerprint density at radius 2 is 1.88 bits per heavy atom. The van der Waals surface area contributed by atoms with E-state index < -0.39 is 0 Å². The summed E-state index contributed by atoms with van der Waals surface area (Å²) in [6.07, 6.45) is 3.15. The Labute approximate surface area is 205 Å². The lowest BCUT2D eigenvalue weighted by Crippen LogP contribution is -2.35. The number of methoxy groups -OCH3 is 1. The van der Waals surface area contributed by atoms with E-state index in [9.17, 15) is 0 Å². The summed E-state index contributed by atoms with van der Waals surface area (Å²) in [4.78, 5) is 12.1. The highest BCUT2D eigenvalue weighted by Gasteiger charge is 2.25. The van der Waals surface area contributed by atoms with Crippen molar-refractivity contribution in [3.63, 3.8) is 0 Å². The molecular formula is C27H32ClN5O. The van der Waals surface area contributed by atoms with Crippen molar-refractivity contribution in [3.8, 4) is 5.75 Å². The number of likely N-dealkylation sites (tertiary alicyclic amines) is 1. The van der Waals surface area contributed by atoms with Gasteiger partial charge in [-0.3, -0.25) is 4.90 Å². The number of hydrogen-bond acceptors (Lipinski definition) is 5. The van der Waals surface area contributed by atoms with Crippen LogP contribution in [0.25, 0.3) is 21.9 Å². The molecule has 0 radical (unpaired) electrons. The van der Waals surface area contributed by atoms with E-state index in [-0.39, 0.29) is 0 Å². The van der Waals surface area contributed by atoms with Gasteiger partial charge in [-0.2, -0.15) is 0 Å². The van der Waals surface area contributed by atoms with Gasteiger partial charge in [0.2, 0.25) is 0 Å². The normalized spacial score (nSPS) is 15.4. The Bertz CT molecular complexity index is 1280. The fraction of sp³-hybridized carbons (Fsp3) is 0.407. The summed E-state index contributed by atoms with van der Waals surface area (Å²) < 4.78 is 7.88. The Kier molecular flexibility index (Phi) is 6.99. The zero-order valence-electron chi connectivity index (χ0n) is 19.9. The van der Waals surface area contributed by atoms with Crippen LogP contribution in [0.2, 0.25) is 5.15 Å². The summed E-state index contributed by atoms with van der Waals surface area (Å²) in [6, 6.07) is 17.0. The first-order valence-corrected chi connectivity index (χ1v) is 12.6. The SMILES string of the molecule is CCNCCc1nc2ccccc2n1C1CCN(Cc2cc3cc(OC)ccc3nc2Cl)CC1. The number of ether oxygens (including phenoxy) is 1. The van der Waals surface area contributed by atoms with Gasteiger partial charge in [0, 0.05) is 49.6 Å². The maximum Gasteiger partial charge on any atom is 0.134 e. The number of nitrogens with one attached hydrogen (secondary N) is 1. The van der Waals surface area contributed by atoms with Crippen molar-refractivity contribution in [2.24, 2.45) is 0 Å². The predicted molar refractivity (Wildman–Crippen MR) is 139 cm³/mol. The van der Waals surface area contributed by atoms with E-state index in [1.165, 1.54) is 11.3 Å². The first-order valence-electron chi connectivity index (χ1n) is 12.2. The molecule has 1 N–H and O–H groups in total.